The number of carbonyl (C=O) groups is 1. The van der Waals surface area contributed by atoms with Crippen LogP contribution in [0.1, 0.15) is 11.4 Å². The van der Waals surface area contributed by atoms with Crippen LogP contribution in [0.5, 0.6) is 11.5 Å². The van der Waals surface area contributed by atoms with E-state index in [9.17, 15) is 4.79 Å². The number of nitrogens with zero attached hydrogens (tertiary/aromatic N) is 3. The standard InChI is InChI=1S/C20H21ClN4O3S/c1-13-10-16(8-9-17(13)21)28-11-18-23-24-20(25(18)2)29-12-19(26)22-14-4-6-15(27-3)7-5-14/h4-10H,11-12H2,1-3H3,(H,22,26). The van der Waals surface area contributed by atoms with Crippen LogP contribution in [0, 0.1) is 6.92 Å². The minimum atomic E-state index is -0.127. The summed E-state index contributed by atoms with van der Waals surface area (Å²) < 4.78 is 12.7. The molecular formula is C20H21ClN4O3S. The lowest BCUT2D eigenvalue weighted by Crippen LogP contribution is -2.14. The molecule has 1 N–H and O–H groups in total. The summed E-state index contributed by atoms with van der Waals surface area (Å²) in [5.41, 5.74) is 1.66. The average molecular weight is 433 g/mol. The van der Waals surface area contributed by atoms with Crippen LogP contribution in [-0.4, -0.2) is 33.5 Å². The van der Waals surface area contributed by atoms with Crippen LogP contribution < -0.4 is 14.8 Å². The summed E-state index contributed by atoms with van der Waals surface area (Å²) in [6, 6.07) is 12.6. The maximum atomic E-state index is 12.2. The lowest BCUT2D eigenvalue weighted by atomic mass is 10.2. The second kappa shape index (κ2) is 9.67. The maximum absolute atomic E-state index is 12.2. The third-order valence-electron chi connectivity index (χ3n) is 4.13. The zero-order valence-electron chi connectivity index (χ0n) is 16.3. The third-order valence-corrected chi connectivity index (χ3v) is 5.57. The van der Waals surface area contributed by atoms with E-state index < -0.39 is 0 Å². The Morgan fingerprint density at radius 2 is 1.90 bits per heavy atom. The first-order chi connectivity index (χ1) is 14.0. The monoisotopic (exact) mass is 432 g/mol. The van der Waals surface area contributed by atoms with Crippen molar-refractivity contribution in [2.24, 2.45) is 7.05 Å². The molecule has 2 aromatic carbocycles. The topological polar surface area (TPSA) is 78.3 Å². The first-order valence-corrected chi connectivity index (χ1v) is 10.2. The molecule has 0 aliphatic carbocycles. The van der Waals surface area contributed by atoms with Crippen molar-refractivity contribution in [3.8, 4) is 11.5 Å². The molecule has 0 bridgehead atoms. The molecule has 3 rings (SSSR count). The predicted octanol–water partition coefficient (Wildman–Crippen LogP) is 4.10. The molecule has 1 aromatic heterocycles. The lowest BCUT2D eigenvalue weighted by Gasteiger charge is -2.08. The summed E-state index contributed by atoms with van der Waals surface area (Å²) in [4.78, 5) is 12.2. The number of hydrogen-bond donors (Lipinski definition) is 1. The molecule has 0 spiro atoms. The van der Waals surface area contributed by atoms with Gasteiger partial charge in [0.2, 0.25) is 5.91 Å². The molecule has 0 aliphatic rings. The van der Waals surface area contributed by atoms with E-state index >= 15 is 0 Å². The van der Waals surface area contributed by atoms with Crippen molar-refractivity contribution < 1.29 is 14.3 Å². The fourth-order valence-electron chi connectivity index (χ4n) is 2.45. The molecule has 0 unspecified atom stereocenters. The lowest BCUT2D eigenvalue weighted by molar-refractivity contribution is -0.113. The Morgan fingerprint density at radius 1 is 1.17 bits per heavy atom. The van der Waals surface area contributed by atoms with E-state index in [1.165, 1.54) is 11.8 Å². The first-order valence-electron chi connectivity index (χ1n) is 8.80. The smallest absolute Gasteiger partial charge is 0.234 e. The van der Waals surface area contributed by atoms with Crippen molar-refractivity contribution in [3.63, 3.8) is 0 Å². The van der Waals surface area contributed by atoms with Crippen molar-refractivity contribution in [3.05, 3.63) is 58.9 Å². The van der Waals surface area contributed by atoms with Gasteiger partial charge in [-0.2, -0.15) is 0 Å². The zero-order valence-corrected chi connectivity index (χ0v) is 17.9. The largest absolute Gasteiger partial charge is 0.497 e. The number of carbonyl (C=O) groups excluding carboxylic acids is 1. The Hall–Kier alpha value is -2.71. The van der Waals surface area contributed by atoms with Crippen LogP contribution in [0.4, 0.5) is 5.69 Å². The Bertz CT molecular complexity index is 992. The Kier molecular flexibility index (Phi) is 7.00. The summed E-state index contributed by atoms with van der Waals surface area (Å²) in [6.45, 7) is 2.19. The number of methoxy groups -OCH3 is 1. The summed E-state index contributed by atoms with van der Waals surface area (Å²) >= 11 is 7.34. The van der Waals surface area contributed by atoms with Crippen LogP contribution in [0.3, 0.4) is 0 Å². The molecule has 0 saturated heterocycles. The maximum Gasteiger partial charge on any atom is 0.234 e. The number of thioether (sulfide) groups is 1. The number of aromatic nitrogens is 3. The van der Waals surface area contributed by atoms with Gasteiger partial charge in [0, 0.05) is 17.8 Å². The first kappa shape index (κ1) is 21.0. The van der Waals surface area contributed by atoms with E-state index in [1.54, 1.807) is 37.4 Å². The van der Waals surface area contributed by atoms with Gasteiger partial charge in [-0.25, -0.2) is 0 Å². The van der Waals surface area contributed by atoms with Gasteiger partial charge in [0.05, 0.1) is 12.9 Å². The van der Waals surface area contributed by atoms with E-state index in [-0.39, 0.29) is 18.3 Å². The summed E-state index contributed by atoms with van der Waals surface area (Å²) in [5, 5.41) is 12.5. The fourth-order valence-corrected chi connectivity index (χ4v) is 3.30. The van der Waals surface area contributed by atoms with Gasteiger partial charge in [-0.05, 0) is 55.0 Å². The number of rotatable bonds is 8. The van der Waals surface area contributed by atoms with E-state index in [1.807, 2.05) is 30.7 Å². The number of benzene rings is 2. The van der Waals surface area contributed by atoms with Crippen LogP contribution in [0.2, 0.25) is 5.02 Å². The highest BCUT2D eigenvalue weighted by molar-refractivity contribution is 7.99. The Labute approximate surface area is 178 Å². The van der Waals surface area contributed by atoms with Gasteiger partial charge in [0.25, 0.3) is 0 Å². The van der Waals surface area contributed by atoms with Crippen molar-refractivity contribution in [2.75, 3.05) is 18.2 Å². The number of halogens is 1. The highest BCUT2D eigenvalue weighted by atomic mass is 35.5. The number of amides is 1. The molecular weight excluding hydrogens is 412 g/mol. The molecule has 1 amide bonds. The van der Waals surface area contributed by atoms with Crippen LogP contribution in [0.15, 0.2) is 47.6 Å². The molecule has 0 aliphatic heterocycles. The number of ether oxygens (including phenoxy) is 2. The van der Waals surface area contributed by atoms with E-state index in [4.69, 9.17) is 21.1 Å². The zero-order chi connectivity index (χ0) is 20.8. The fraction of sp³-hybridized carbons (Fsp3) is 0.250. The Balaban J connectivity index is 1.52. The van der Waals surface area contributed by atoms with E-state index in [0.29, 0.717) is 27.4 Å². The number of anilines is 1. The summed E-state index contributed by atoms with van der Waals surface area (Å²) in [5.74, 6) is 2.20. The van der Waals surface area contributed by atoms with Gasteiger partial charge in [-0.15, -0.1) is 10.2 Å². The third kappa shape index (κ3) is 5.65. The van der Waals surface area contributed by atoms with Crippen molar-refractivity contribution in [2.45, 2.75) is 18.7 Å². The number of aryl methyl sites for hydroxylation is 1. The second-order valence-electron chi connectivity index (χ2n) is 6.22. The SMILES string of the molecule is COc1ccc(NC(=O)CSc2nnc(COc3ccc(Cl)c(C)c3)n2C)cc1. The molecule has 0 fully saturated rings. The van der Waals surface area contributed by atoms with Gasteiger partial charge in [-0.3, -0.25) is 4.79 Å². The van der Waals surface area contributed by atoms with E-state index in [2.05, 4.69) is 15.5 Å². The minimum Gasteiger partial charge on any atom is -0.497 e. The molecule has 0 saturated carbocycles. The average Bonchev–Trinajstić information content (AvgIpc) is 3.07. The molecule has 9 heteroatoms. The summed E-state index contributed by atoms with van der Waals surface area (Å²) in [6.07, 6.45) is 0. The van der Waals surface area contributed by atoms with Crippen molar-refractivity contribution >= 4 is 35.0 Å². The summed E-state index contributed by atoms with van der Waals surface area (Å²) in [7, 11) is 3.44. The highest BCUT2D eigenvalue weighted by Gasteiger charge is 2.12. The van der Waals surface area contributed by atoms with Crippen LogP contribution >= 0.6 is 23.4 Å². The molecule has 1 heterocycles. The van der Waals surface area contributed by atoms with E-state index in [0.717, 1.165) is 11.3 Å². The van der Waals surface area contributed by atoms with Gasteiger partial charge < -0.3 is 19.4 Å². The quantitative estimate of drug-likeness (QED) is 0.540. The Morgan fingerprint density at radius 3 is 2.59 bits per heavy atom. The van der Waals surface area contributed by atoms with Gasteiger partial charge in [-0.1, -0.05) is 23.4 Å². The van der Waals surface area contributed by atoms with Gasteiger partial charge in [0.15, 0.2) is 11.0 Å². The molecule has 7 nitrogen and oxygen atoms in total. The van der Waals surface area contributed by atoms with Gasteiger partial charge >= 0.3 is 0 Å². The number of nitrogens with one attached hydrogen (secondary N) is 1. The highest BCUT2D eigenvalue weighted by Crippen LogP contribution is 2.22. The minimum absolute atomic E-state index is 0.127. The predicted molar refractivity (Wildman–Crippen MR) is 114 cm³/mol. The van der Waals surface area contributed by atoms with Crippen LogP contribution in [-0.2, 0) is 18.4 Å². The molecule has 29 heavy (non-hydrogen) atoms. The normalized spacial score (nSPS) is 10.6. The van der Waals surface area contributed by atoms with Crippen molar-refractivity contribution in [1.82, 2.24) is 14.8 Å². The number of hydrogen-bond acceptors (Lipinski definition) is 6. The van der Waals surface area contributed by atoms with Crippen molar-refractivity contribution in [1.29, 1.82) is 0 Å². The van der Waals surface area contributed by atoms with Gasteiger partial charge in [0.1, 0.15) is 18.1 Å². The molecule has 0 radical (unpaired) electrons. The molecule has 152 valence electrons. The second-order valence-corrected chi connectivity index (χ2v) is 7.57. The molecule has 0 atom stereocenters. The van der Waals surface area contributed by atoms with Crippen LogP contribution in [0.25, 0.3) is 0 Å². The molecule has 3 aromatic rings.